The van der Waals surface area contributed by atoms with Gasteiger partial charge in [0.25, 0.3) is 0 Å². The second-order valence-electron chi connectivity index (χ2n) is 7.59. The Kier molecular flexibility index (Phi) is 5.95. The first-order valence-electron chi connectivity index (χ1n) is 10.2. The smallest absolute Gasteiger partial charge is 0.129 e. The van der Waals surface area contributed by atoms with Crippen molar-refractivity contribution in [1.29, 1.82) is 0 Å². The average molecular weight is 414 g/mol. The van der Waals surface area contributed by atoms with Crippen LogP contribution in [0.4, 0.5) is 11.6 Å². The summed E-state index contributed by atoms with van der Waals surface area (Å²) in [5, 5.41) is 5.37. The summed E-state index contributed by atoms with van der Waals surface area (Å²) >= 11 is 0. The molecular weight excluding hydrogens is 386 g/mol. The molecule has 31 heavy (non-hydrogen) atoms. The molecule has 0 unspecified atom stereocenters. The fraction of sp³-hybridized carbons (Fsp3) is 0.208. The Labute approximate surface area is 182 Å². The monoisotopic (exact) mass is 413 g/mol. The normalized spacial score (nSPS) is 13.3. The van der Waals surface area contributed by atoms with Crippen LogP contribution in [0, 0.1) is 0 Å². The number of fused-ring (bicyclic) bond motifs is 1. The molecule has 0 atom stereocenters. The molecule has 3 N–H and O–H groups in total. The summed E-state index contributed by atoms with van der Waals surface area (Å²) in [6, 6.07) is 12.7. The van der Waals surface area contributed by atoms with Crippen molar-refractivity contribution in [3.63, 3.8) is 0 Å². The quantitative estimate of drug-likeness (QED) is 0.532. The van der Waals surface area contributed by atoms with E-state index in [9.17, 15) is 0 Å². The van der Waals surface area contributed by atoms with Gasteiger partial charge in [0.05, 0.1) is 18.2 Å². The molecule has 4 heterocycles. The summed E-state index contributed by atoms with van der Waals surface area (Å²) in [5.74, 6) is 1.88. The van der Waals surface area contributed by atoms with Gasteiger partial charge in [-0.25, -0.2) is 15.0 Å². The lowest BCUT2D eigenvalue weighted by Gasteiger charge is -2.37. The number of benzene rings is 1. The van der Waals surface area contributed by atoms with Crippen molar-refractivity contribution in [3.8, 4) is 11.3 Å². The standard InChI is InChI=1S/C14H14N4.C10H13N3/c1-15-14-6-12-5-10(3-4-11(12)7-17-14)13-8-16-9-18(13)2;1-2-8-3-4-12-10(5-8)13-6-9(11)7-13/h3-9H,1-2H3,(H,15,17);2-5,9H,1,6-7,11H2. The summed E-state index contributed by atoms with van der Waals surface area (Å²) in [4.78, 5) is 14.9. The lowest BCUT2D eigenvalue weighted by molar-refractivity contribution is 0.514. The summed E-state index contributed by atoms with van der Waals surface area (Å²) in [5.41, 5.74) is 9.06. The number of nitrogens with zero attached hydrogens (tertiary/aromatic N) is 5. The second kappa shape index (κ2) is 8.97. The number of nitrogens with one attached hydrogen (secondary N) is 1. The molecule has 0 aliphatic carbocycles. The average Bonchev–Trinajstić information content (AvgIpc) is 3.22. The first-order chi connectivity index (χ1) is 15.1. The van der Waals surface area contributed by atoms with Gasteiger partial charge in [0.15, 0.2) is 0 Å². The van der Waals surface area contributed by atoms with Crippen LogP contribution in [0.15, 0.2) is 67.9 Å². The van der Waals surface area contributed by atoms with E-state index in [0.717, 1.165) is 46.9 Å². The predicted octanol–water partition coefficient (Wildman–Crippen LogP) is 3.55. The van der Waals surface area contributed by atoms with E-state index in [1.54, 1.807) is 6.20 Å². The number of aryl methyl sites for hydroxylation is 1. The highest BCUT2D eigenvalue weighted by molar-refractivity contribution is 5.88. The van der Waals surface area contributed by atoms with Crippen molar-refractivity contribution >= 4 is 28.5 Å². The van der Waals surface area contributed by atoms with Crippen LogP contribution in [-0.4, -0.2) is 45.7 Å². The minimum absolute atomic E-state index is 0.314. The fourth-order valence-electron chi connectivity index (χ4n) is 3.51. The van der Waals surface area contributed by atoms with Gasteiger partial charge in [0, 0.05) is 56.6 Å². The van der Waals surface area contributed by atoms with Crippen molar-refractivity contribution in [3.05, 3.63) is 73.5 Å². The fourth-order valence-corrected chi connectivity index (χ4v) is 3.51. The van der Waals surface area contributed by atoms with Gasteiger partial charge < -0.3 is 20.5 Å². The molecule has 158 valence electrons. The number of pyridine rings is 2. The molecule has 0 spiro atoms. The number of nitrogens with two attached hydrogens (primary N) is 1. The third-order valence-corrected chi connectivity index (χ3v) is 5.33. The minimum atomic E-state index is 0.314. The zero-order chi connectivity index (χ0) is 21.8. The lowest BCUT2D eigenvalue weighted by Crippen LogP contribution is -2.56. The van der Waals surface area contributed by atoms with Crippen molar-refractivity contribution < 1.29 is 0 Å². The van der Waals surface area contributed by atoms with E-state index in [0.29, 0.717) is 6.04 Å². The molecular formula is C24H27N7. The van der Waals surface area contributed by atoms with Crippen LogP contribution in [0.5, 0.6) is 0 Å². The summed E-state index contributed by atoms with van der Waals surface area (Å²) in [6.45, 7) is 5.54. The number of hydrogen-bond donors (Lipinski definition) is 2. The molecule has 1 fully saturated rings. The topological polar surface area (TPSA) is 84.9 Å². The second-order valence-corrected chi connectivity index (χ2v) is 7.59. The molecule has 0 radical (unpaired) electrons. The lowest BCUT2D eigenvalue weighted by atomic mass is 10.1. The van der Waals surface area contributed by atoms with E-state index in [1.165, 1.54) is 5.39 Å². The molecule has 7 heteroatoms. The zero-order valence-electron chi connectivity index (χ0n) is 17.9. The molecule has 0 amide bonds. The first kappa shape index (κ1) is 20.6. The van der Waals surface area contributed by atoms with Crippen molar-refractivity contribution in [2.75, 3.05) is 30.4 Å². The summed E-state index contributed by atoms with van der Waals surface area (Å²) in [6.07, 6.45) is 9.20. The highest BCUT2D eigenvalue weighted by Crippen LogP contribution is 2.24. The molecule has 5 rings (SSSR count). The van der Waals surface area contributed by atoms with E-state index in [-0.39, 0.29) is 0 Å². The van der Waals surface area contributed by atoms with Crippen molar-refractivity contribution in [1.82, 2.24) is 19.5 Å². The van der Waals surface area contributed by atoms with Gasteiger partial charge in [-0.15, -0.1) is 0 Å². The maximum Gasteiger partial charge on any atom is 0.129 e. The summed E-state index contributed by atoms with van der Waals surface area (Å²) < 4.78 is 2.02. The van der Waals surface area contributed by atoms with Crippen molar-refractivity contribution in [2.24, 2.45) is 12.8 Å². The predicted molar refractivity (Wildman–Crippen MR) is 128 cm³/mol. The maximum absolute atomic E-state index is 5.69. The highest BCUT2D eigenvalue weighted by atomic mass is 15.3. The van der Waals surface area contributed by atoms with Crippen molar-refractivity contribution in [2.45, 2.75) is 6.04 Å². The van der Waals surface area contributed by atoms with Crippen LogP contribution in [0.3, 0.4) is 0 Å². The van der Waals surface area contributed by atoms with Gasteiger partial charge in [-0.05, 0) is 35.2 Å². The van der Waals surface area contributed by atoms with Crippen LogP contribution in [0.2, 0.25) is 0 Å². The maximum atomic E-state index is 5.69. The van der Waals surface area contributed by atoms with E-state index in [2.05, 4.69) is 56.0 Å². The Morgan fingerprint density at radius 2 is 1.94 bits per heavy atom. The van der Waals surface area contributed by atoms with Gasteiger partial charge in [0.1, 0.15) is 11.6 Å². The van der Waals surface area contributed by atoms with Gasteiger partial charge in [-0.1, -0.05) is 24.8 Å². The number of imidazole rings is 1. The van der Waals surface area contributed by atoms with Gasteiger partial charge in [-0.2, -0.15) is 0 Å². The summed E-state index contributed by atoms with van der Waals surface area (Å²) in [7, 11) is 3.87. The largest absolute Gasteiger partial charge is 0.373 e. The Morgan fingerprint density at radius 3 is 2.61 bits per heavy atom. The Balaban J connectivity index is 0.000000158. The molecule has 0 bridgehead atoms. The molecule has 7 nitrogen and oxygen atoms in total. The molecule has 4 aromatic rings. The number of hydrogen-bond acceptors (Lipinski definition) is 6. The number of anilines is 2. The van der Waals surface area contributed by atoms with Gasteiger partial charge in [0.2, 0.25) is 0 Å². The number of rotatable bonds is 4. The number of aromatic nitrogens is 4. The van der Waals surface area contributed by atoms with Gasteiger partial charge >= 0.3 is 0 Å². The Morgan fingerprint density at radius 1 is 1.10 bits per heavy atom. The minimum Gasteiger partial charge on any atom is -0.373 e. The Hall–Kier alpha value is -3.71. The van der Waals surface area contributed by atoms with E-state index in [1.807, 2.05) is 55.6 Å². The molecule has 3 aromatic heterocycles. The molecule has 0 saturated carbocycles. The zero-order valence-corrected chi connectivity index (χ0v) is 17.9. The highest BCUT2D eigenvalue weighted by Gasteiger charge is 2.23. The molecule has 1 aliphatic heterocycles. The third kappa shape index (κ3) is 4.57. The molecule has 1 aromatic carbocycles. The van der Waals surface area contributed by atoms with Crippen LogP contribution in [0.1, 0.15) is 5.56 Å². The van der Waals surface area contributed by atoms with E-state index < -0.39 is 0 Å². The SMILES string of the molecule is C=Cc1ccnc(N2CC(N)C2)c1.CNc1cc2cc(-c3cncn3C)ccc2cn1. The Bertz CT molecular complexity index is 1190. The van der Waals surface area contributed by atoms with E-state index in [4.69, 9.17) is 5.73 Å². The first-order valence-corrected chi connectivity index (χ1v) is 10.2. The molecule has 1 saturated heterocycles. The molecule has 1 aliphatic rings. The van der Waals surface area contributed by atoms with Gasteiger partial charge in [-0.3, -0.25) is 0 Å². The van der Waals surface area contributed by atoms with Crippen LogP contribution in [0.25, 0.3) is 28.1 Å². The van der Waals surface area contributed by atoms with Crippen LogP contribution in [-0.2, 0) is 7.05 Å². The van der Waals surface area contributed by atoms with Crippen LogP contribution >= 0.6 is 0 Å². The third-order valence-electron chi connectivity index (χ3n) is 5.33. The van der Waals surface area contributed by atoms with E-state index >= 15 is 0 Å². The van der Waals surface area contributed by atoms with Crippen LogP contribution < -0.4 is 16.0 Å².